The Morgan fingerprint density at radius 3 is 2.57 bits per heavy atom. The molecule has 21 heavy (non-hydrogen) atoms. The van der Waals surface area contributed by atoms with Crippen LogP contribution in [-0.4, -0.2) is 18.3 Å². The zero-order valence-corrected chi connectivity index (χ0v) is 12.1. The van der Waals surface area contributed by atoms with Gasteiger partial charge in [-0.2, -0.15) is 0 Å². The summed E-state index contributed by atoms with van der Waals surface area (Å²) in [5, 5.41) is 1.06. The first kappa shape index (κ1) is 13.3. The molecule has 1 heterocycles. The zero-order chi connectivity index (χ0) is 14.7. The number of ether oxygens (including phenoxy) is 1. The largest absolute Gasteiger partial charge is 0.497 e. The molecule has 3 heteroatoms. The fraction of sp³-hybridized carbons (Fsp3) is 0.111. The Labute approximate surface area is 123 Å². The molecule has 0 saturated heterocycles. The van der Waals surface area contributed by atoms with Gasteiger partial charge in [0.1, 0.15) is 5.75 Å². The van der Waals surface area contributed by atoms with E-state index < -0.39 is 0 Å². The van der Waals surface area contributed by atoms with E-state index in [1.807, 2.05) is 54.6 Å². The number of aromatic nitrogens is 1. The summed E-state index contributed by atoms with van der Waals surface area (Å²) >= 11 is 0. The van der Waals surface area contributed by atoms with Crippen molar-refractivity contribution in [1.29, 1.82) is 0 Å². The highest BCUT2D eigenvalue weighted by atomic mass is 16.5. The summed E-state index contributed by atoms with van der Waals surface area (Å²) in [5.74, 6) is 0.838. The summed E-state index contributed by atoms with van der Waals surface area (Å²) in [5.41, 5.74) is 3.93. The maximum absolute atomic E-state index is 5.21. The van der Waals surface area contributed by atoms with Crippen LogP contribution in [-0.2, 0) is 0 Å². The monoisotopic (exact) mass is 276 g/mol. The Kier molecular flexibility index (Phi) is 3.65. The minimum absolute atomic E-state index is 0.838. The number of hydrogen-bond acceptors (Lipinski definition) is 3. The van der Waals surface area contributed by atoms with Crippen molar-refractivity contribution >= 4 is 22.8 Å². The van der Waals surface area contributed by atoms with Crippen LogP contribution in [0.5, 0.6) is 5.75 Å². The van der Waals surface area contributed by atoms with Crippen molar-refractivity contribution in [3.8, 4) is 5.75 Å². The molecule has 0 saturated carbocycles. The maximum Gasteiger partial charge on any atom is 0.119 e. The number of fused-ring (bicyclic) bond motifs is 1. The highest BCUT2D eigenvalue weighted by Gasteiger charge is 1.99. The fourth-order valence-corrected chi connectivity index (χ4v) is 2.09. The average Bonchev–Trinajstić information content (AvgIpc) is 2.53. The van der Waals surface area contributed by atoms with Gasteiger partial charge in [-0.3, -0.25) is 4.99 Å². The number of pyridine rings is 1. The first-order valence-electron chi connectivity index (χ1n) is 6.80. The third-order valence-electron chi connectivity index (χ3n) is 3.30. The quantitative estimate of drug-likeness (QED) is 0.668. The molecule has 3 aromatic rings. The molecule has 2 aromatic carbocycles. The predicted molar refractivity (Wildman–Crippen MR) is 86.7 cm³/mol. The van der Waals surface area contributed by atoms with Crippen LogP contribution in [0, 0.1) is 6.92 Å². The molecule has 0 unspecified atom stereocenters. The van der Waals surface area contributed by atoms with E-state index in [-0.39, 0.29) is 0 Å². The van der Waals surface area contributed by atoms with Gasteiger partial charge in [0.05, 0.1) is 30.2 Å². The van der Waals surface area contributed by atoms with Gasteiger partial charge in [-0.25, -0.2) is 4.98 Å². The summed E-state index contributed by atoms with van der Waals surface area (Å²) in [6.45, 7) is 2.06. The third-order valence-corrected chi connectivity index (χ3v) is 3.30. The van der Waals surface area contributed by atoms with Crippen molar-refractivity contribution in [2.45, 2.75) is 6.92 Å². The summed E-state index contributed by atoms with van der Waals surface area (Å²) in [7, 11) is 1.66. The topological polar surface area (TPSA) is 34.5 Å². The number of aliphatic imine (C=N–C) groups is 1. The number of methoxy groups -OCH3 is 1. The Morgan fingerprint density at radius 1 is 1.00 bits per heavy atom. The number of benzene rings is 2. The molecule has 0 radical (unpaired) electrons. The van der Waals surface area contributed by atoms with E-state index in [4.69, 9.17) is 4.74 Å². The van der Waals surface area contributed by atoms with Gasteiger partial charge < -0.3 is 4.74 Å². The summed E-state index contributed by atoms with van der Waals surface area (Å²) in [6.07, 6.45) is 1.79. The second-order valence-corrected chi connectivity index (χ2v) is 4.89. The molecule has 0 aliphatic carbocycles. The van der Waals surface area contributed by atoms with Crippen molar-refractivity contribution in [3.05, 3.63) is 65.9 Å². The van der Waals surface area contributed by atoms with Gasteiger partial charge in [0.25, 0.3) is 0 Å². The van der Waals surface area contributed by atoms with Crippen molar-refractivity contribution in [2.75, 3.05) is 7.11 Å². The first-order chi connectivity index (χ1) is 10.2. The molecule has 3 rings (SSSR count). The van der Waals surface area contributed by atoms with Gasteiger partial charge in [-0.1, -0.05) is 23.8 Å². The molecule has 0 atom stereocenters. The molecule has 104 valence electrons. The van der Waals surface area contributed by atoms with Crippen LogP contribution in [0.15, 0.2) is 59.6 Å². The van der Waals surface area contributed by atoms with Crippen LogP contribution < -0.4 is 4.74 Å². The second kappa shape index (κ2) is 5.75. The number of hydrogen-bond donors (Lipinski definition) is 0. The first-order valence-corrected chi connectivity index (χ1v) is 6.80. The Bertz CT molecular complexity index is 792. The average molecular weight is 276 g/mol. The number of rotatable bonds is 3. The van der Waals surface area contributed by atoms with Crippen LogP contribution in [0.2, 0.25) is 0 Å². The number of nitrogens with zero attached hydrogens (tertiary/aromatic N) is 2. The van der Waals surface area contributed by atoms with Gasteiger partial charge in [0, 0.05) is 5.39 Å². The lowest BCUT2D eigenvalue weighted by Gasteiger charge is -2.02. The lowest BCUT2D eigenvalue weighted by molar-refractivity contribution is 0.415. The maximum atomic E-state index is 5.21. The van der Waals surface area contributed by atoms with E-state index in [1.54, 1.807) is 13.3 Å². The third kappa shape index (κ3) is 3.08. The molecule has 0 spiro atoms. The van der Waals surface area contributed by atoms with E-state index in [9.17, 15) is 0 Å². The van der Waals surface area contributed by atoms with Crippen LogP contribution >= 0.6 is 0 Å². The molecule has 3 nitrogen and oxygen atoms in total. The fourth-order valence-electron chi connectivity index (χ4n) is 2.09. The smallest absolute Gasteiger partial charge is 0.119 e. The van der Waals surface area contributed by atoms with E-state index in [0.29, 0.717) is 0 Å². The zero-order valence-electron chi connectivity index (χ0n) is 12.1. The molecule has 0 aliphatic heterocycles. The molecule has 0 amide bonds. The van der Waals surface area contributed by atoms with Gasteiger partial charge in [0.2, 0.25) is 0 Å². The van der Waals surface area contributed by atoms with E-state index in [0.717, 1.165) is 28.0 Å². The SMILES string of the molecule is COc1ccc2nc(C=Nc3ccc(C)cc3)ccc2c1. The highest BCUT2D eigenvalue weighted by Crippen LogP contribution is 2.19. The minimum Gasteiger partial charge on any atom is -0.497 e. The molecule has 1 aromatic heterocycles. The van der Waals surface area contributed by atoms with Gasteiger partial charge in [0.15, 0.2) is 0 Å². The van der Waals surface area contributed by atoms with Crippen molar-refractivity contribution in [3.63, 3.8) is 0 Å². The molecule has 0 aliphatic rings. The standard InChI is InChI=1S/C18H16N2O/c1-13-3-6-15(7-4-13)19-12-16-8-5-14-11-17(21-2)9-10-18(14)20-16/h3-12H,1-2H3. The van der Waals surface area contributed by atoms with E-state index >= 15 is 0 Å². The van der Waals surface area contributed by atoms with Crippen molar-refractivity contribution < 1.29 is 4.74 Å². The van der Waals surface area contributed by atoms with E-state index in [1.165, 1.54) is 5.56 Å². The molecular weight excluding hydrogens is 260 g/mol. The predicted octanol–water partition coefficient (Wildman–Crippen LogP) is 4.30. The Morgan fingerprint density at radius 2 is 1.81 bits per heavy atom. The van der Waals surface area contributed by atoms with Crippen LogP contribution in [0.4, 0.5) is 5.69 Å². The molecular formula is C18H16N2O. The van der Waals surface area contributed by atoms with Crippen LogP contribution in [0.1, 0.15) is 11.3 Å². The Hall–Kier alpha value is -2.68. The number of aryl methyl sites for hydroxylation is 1. The van der Waals surface area contributed by atoms with Gasteiger partial charge >= 0.3 is 0 Å². The van der Waals surface area contributed by atoms with Crippen LogP contribution in [0.3, 0.4) is 0 Å². The second-order valence-electron chi connectivity index (χ2n) is 4.89. The molecule has 0 fully saturated rings. The molecule has 0 N–H and O–H groups in total. The van der Waals surface area contributed by atoms with Crippen molar-refractivity contribution in [1.82, 2.24) is 4.98 Å². The van der Waals surface area contributed by atoms with Crippen molar-refractivity contribution in [2.24, 2.45) is 4.99 Å². The summed E-state index contributed by atoms with van der Waals surface area (Å²) < 4.78 is 5.21. The lowest BCUT2D eigenvalue weighted by Crippen LogP contribution is -1.89. The van der Waals surface area contributed by atoms with Gasteiger partial charge in [-0.15, -0.1) is 0 Å². The van der Waals surface area contributed by atoms with E-state index in [2.05, 4.69) is 16.9 Å². The van der Waals surface area contributed by atoms with Crippen LogP contribution in [0.25, 0.3) is 10.9 Å². The lowest BCUT2D eigenvalue weighted by atomic mass is 10.2. The minimum atomic E-state index is 0.838. The summed E-state index contributed by atoms with van der Waals surface area (Å²) in [6, 6.07) is 17.9. The summed E-state index contributed by atoms with van der Waals surface area (Å²) in [4.78, 5) is 9.02. The highest BCUT2D eigenvalue weighted by molar-refractivity contribution is 5.86. The van der Waals surface area contributed by atoms with Gasteiger partial charge in [-0.05, 0) is 43.3 Å². The normalized spacial score (nSPS) is 11.1. The molecule has 0 bridgehead atoms. The Balaban J connectivity index is 1.88.